The summed E-state index contributed by atoms with van der Waals surface area (Å²) in [5, 5.41) is 6.68. The first-order chi connectivity index (χ1) is 12.7. The molecule has 3 rings (SSSR count). The molecular formula is C20H26FIN4O. The van der Waals surface area contributed by atoms with Crippen molar-refractivity contribution in [2.45, 2.75) is 24.8 Å². The summed E-state index contributed by atoms with van der Waals surface area (Å²) in [6.07, 6.45) is 3.47. The first-order valence-electron chi connectivity index (χ1n) is 8.90. The maximum absolute atomic E-state index is 13.8. The lowest BCUT2D eigenvalue weighted by Gasteiger charge is -2.38. The third kappa shape index (κ3) is 5.87. The average molecular weight is 484 g/mol. The number of hydrogen-bond acceptors (Lipinski definition) is 3. The highest BCUT2D eigenvalue weighted by atomic mass is 127. The minimum absolute atomic E-state index is 0. The van der Waals surface area contributed by atoms with Gasteiger partial charge in [0.25, 0.3) is 0 Å². The number of nitrogens with one attached hydrogen (secondary N) is 2. The van der Waals surface area contributed by atoms with Crippen molar-refractivity contribution in [3.8, 4) is 0 Å². The normalized spacial score (nSPS) is 16.3. The van der Waals surface area contributed by atoms with Crippen LogP contribution in [-0.4, -0.2) is 37.7 Å². The lowest BCUT2D eigenvalue weighted by molar-refractivity contribution is 0.0513. The van der Waals surface area contributed by atoms with Crippen LogP contribution in [-0.2, 0) is 16.7 Å². The molecule has 2 N–H and O–H groups in total. The molecule has 27 heavy (non-hydrogen) atoms. The van der Waals surface area contributed by atoms with Crippen LogP contribution in [0.4, 0.5) is 4.39 Å². The molecule has 0 radical (unpaired) electrons. The number of pyridine rings is 1. The topological polar surface area (TPSA) is 58.5 Å². The van der Waals surface area contributed by atoms with E-state index in [9.17, 15) is 4.39 Å². The van der Waals surface area contributed by atoms with Crippen LogP contribution in [0.1, 0.15) is 24.1 Å². The van der Waals surface area contributed by atoms with E-state index in [4.69, 9.17) is 4.74 Å². The monoisotopic (exact) mass is 484 g/mol. The fourth-order valence-electron chi connectivity index (χ4n) is 3.30. The second-order valence-corrected chi connectivity index (χ2v) is 6.50. The van der Waals surface area contributed by atoms with Gasteiger partial charge in [0.2, 0.25) is 0 Å². The molecular weight excluding hydrogens is 458 g/mol. The van der Waals surface area contributed by atoms with E-state index in [1.165, 1.54) is 6.07 Å². The molecule has 1 saturated heterocycles. The Morgan fingerprint density at radius 1 is 1.19 bits per heavy atom. The Hall–Kier alpha value is -1.74. The van der Waals surface area contributed by atoms with Crippen molar-refractivity contribution >= 4 is 29.9 Å². The second-order valence-electron chi connectivity index (χ2n) is 6.50. The number of benzene rings is 1. The highest BCUT2D eigenvalue weighted by molar-refractivity contribution is 14.0. The van der Waals surface area contributed by atoms with Crippen molar-refractivity contribution in [1.82, 2.24) is 15.6 Å². The van der Waals surface area contributed by atoms with Gasteiger partial charge in [0.1, 0.15) is 5.82 Å². The van der Waals surface area contributed by atoms with E-state index in [1.807, 2.05) is 24.3 Å². The quantitative estimate of drug-likeness (QED) is 0.389. The van der Waals surface area contributed by atoms with Crippen LogP contribution in [0.3, 0.4) is 0 Å². The van der Waals surface area contributed by atoms with E-state index >= 15 is 0 Å². The largest absolute Gasteiger partial charge is 0.381 e. The van der Waals surface area contributed by atoms with Gasteiger partial charge in [0, 0.05) is 38.4 Å². The van der Waals surface area contributed by atoms with E-state index < -0.39 is 0 Å². The zero-order chi connectivity index (χ0) is 18.2. The SMILES string of the molecule is CN=C(NCc1ccccn1)NCC1(c2cccc(F)c2)CCOCC1.I. The number of aromatic nitrogens is 1. The number of halogens is 2. The molecule has 0 amide bonds. The smallest absolute Gasteiger partial charge is 0.191 e. The Labute approximate surface area is 176 Å². The summed E-state index contributed by atoms with van der Waals surface area (Å²) >= 11 is 0. The van der Waals surface area contributed by atoms with Crippen molar-refractivity contribution < 1.29 is 9.13 Å². The van der Waals surface area contributed by atoms with Crippen LogP contribution in [0, 0.1) is 5.82 Å². The third-order valence-electron chi connectivity index (χ3n) is 4.87. The molecule has 146 valence electrons. The van der Waals surface area contributed by atoms with Gasteiger partial charge in [0.15, 0.2) is 5.96 Å². The molecule has 1 fully saturated rings. The fraction of sp³-hybridized carbons (Fsp3) is 0.400. The molecule has 1 aliphatic heterocycles. The summed E-state index contributed by atoms with van der Waals surface area (Å²) in [7, 11) is 1.74. The van der Waals surface area contributed by atoms with Crippen molar-refractivity contribution in [2.75, 3.05) is 26.8 Å². The van der Waals surface area contributed by atoms with Gasteiger partial charge in [-0.3, -0.25) is 9.98 Å². The van der Waals surface area contributed by atoms with E-state index in [2.05, 4.69) is 20.6 Å². The van der Waals surface area contributed by atoms with Crippen molar-refractivity contribution in [3.63, 3.8) is 0 Å². The summed E-state index contributed by atoms with van der Waals surface area (Å²) in [6.45, 7) is 2.62. The first kappa shape index (κ1) is 21.6. The van der Waals surface area contributed by atoms with Crippen LogP contribution in [0.15, 0.2) is 53.7 Å². The average Bonchev–Trinajstić information content (AvgIpc) is 2.69. The zero-order valence-electron chi connectivity index (χ0n) is 15.5. The standard InChI is InChI=1S/C20H25FN4O.HI/c1-22-19(24-14-18-7-2-3-10-23-18)25-15-20(8-11-26-12-9-20)16-5-4-6-17(21)13-16;/h2-7,10,13H,8-9,11-12,14-15H2,1H3,(H2,22,24,25);1H. The molecule has 0 spiro atoms. The van der Waals surface area contributed by atoms with Gasteiger partial charge >= 0.3 is 0 Å². The minimum atomic E-state index is -0.203. The molecule has 1 aromatic heterocycles. The van der Waals surface area contributed by atoms with E-state index in [-0.39, 0.29) is 35.2 Å². The summed E-state index contributed by atoms with van der Waals surface area (Å²) in [5.41, 5.74) is 1.79. The Morgan fingerprint density at radius 3 is 2.67 bits per heavy atom. The number of guanidine groups is 1. The summed E-state index contributed by atoms with van der Waals surface area (Å²) in [4.78, 5) is 8.59. The lowest BCUT2D eigenvalue weighted by Crippen LogP contribution is -2.48. The minimum Gasteiger partial charge on any atom is -0.381 e. The molecule has 1 aromatic carbocycles. The second kappa shape index (κ2) is 10.6. The summed E-state index contributed by atoms with van der Waals surface area (Å²) < 4.78 is 19.3. The maximum Gasteiger partial charge on any atom is 0.191 e. The Kier molecular flexibility index (Phi) is 8.43. The number of rotatable bonds is 5. The van der Waals surface area contributed by atoms with Gasteiger partial charge in [0.05, 0.1) is 12.2 Å². The Balaban J connectivity index is 0.00000261. The van der Waals surface area contributed by atoms with Crippen molar-refractivity contribution in [1.29, 1.82) is 0 Å². The number of nitrogens with zero attached hydrogens (tertiary/aromatic N) is 2. The fourth-order valence-corrected chi connectivity index (χ4v) is 3.30. The number of ether oxygens (including phenoxy) is 1. The van der Waals surface area contributed by atoms with Crippen LogP contribution in [0.25, 0.3) is 0 Å². The van der Waals surface area contributed by atoms with Crippen LogP contribution < -0.4 is 10.6 Å². The van der Waals surface area contributed by atoms with E-state index in [0.29, 0.717) is 32.3 Å². The molecule has 5 nitrogen and oxygen atoms in total. The van der Waals surface area contributed by atoms with Crippen molar-refractivity contribution in [2.24, 2.45) is 4.99 Å². The van der Waals surface area contributed by atoms with Crippen LogP contribution in [0.2, 0.25) is 0 Å². The summed E-state index contributed by atoms with van der Waals surface area (Å²) in [5.74, 6) is 0.504. The van der Waals surface area contributed by atoms with E-state index in [0.717, 1.165) is 24.1 Å². The van der Waals surface area contributed by atoms with E-state index in [1.54, 1.807) is 25.4 Å². The molecule has 0 aliphatic carbocycles. The predicted octanol–water partition coefficient (Wildman–Crippen LogP) is 3.25. The number of aliphatic imine (C=N–C) groups is 1. The molecule has 2 aromatic rings. The van der Waals surface area contributed by atoms with Gasteiger partial charge < -0.3 is 15.4 Å². The van der Waals surface area contributed by atoms with Crippen molar-refractivity contribution in [3.05, 3.63) is 65.7 Å². The van der Waals surface area contributed by atoms with Gasteiger partial charge in [-0.15, -0.1) is 24.0 Å². The van der Waals surface area contributed by atoms with Crippen LogP contribution in [0.5, 0.6) is 0 Å². The molecule has 0 saturated carbocycles. The number of hydrogen-bond donors (Lipinski definition) is 2. The molecule has 7 heteroatoms. The lowest BCUT2D eigenvalue weighted by atomic mass is 9.74. The van der Waals surface area contributed by atoms with Gasteiger partial charge in [-0.1, -0.05) is 18.2 Å². The first-order valence-corrected chi connectivity index (χ1v) is 8.90. The molecule has 0 atom stereocenters. The van der Waals surface area contributed by atoms with Crippen LogP contribution >= 0.6 is 24.0 Å². The predicted molar refractivity (Wildman–Crippen MR) is 116 cm³/mol. The Bertz CT molecular complexity index is 736. The highest BCUT2D eigenvalue weighted by Gasteiger charge is 2.34. The maximum atomic E-state index is 13.8. The third-order valence-corrected chi connectivity index (χ3v) is 4.87. The molecule has 1 aliphatic rings. The molecule has 0 bridgehead atoms. The van der Waals surface area contributed by atoms with Gasteiger partial charge in [-0.25, -0.2) is 4.39 Å². The highest BCUT2D eigenvalue weighted by Crippen LogP contribution is 2.34. The zero-order valence-corrected chi connectivity index (χ0v) is 17.8. The van der Waals surface area contributed by atoms with Gasteiger partial charge in [-0.2, -0.15) is 0 Å². The Morgan fingerprint density at radius 2 is 2.00 bits per heavy atom. The molecule has 2 heterocycles. The van der Waals surface area contributed by atoms with Gasteiger partial charge in [-0.05, 0) is 42.7 Å². The summed E-state index contributed by atoms with van der Waals surface area (Å²) in [6, 6.07) is 12.7. The molecule has 0 unspecified atom stereocenters.